The number of rotatable bonds is 6. The molecular formula is C13H27N3O. The smallest absolute Gasteiger partial charge is 0.236 e. The summed E-state index contributed by atoms with van der Waals surface area (Å²) in [5.74, 6) is 0.961. The number of hydrogen-bond acceptors (Lipinski definition) is 3. The molecule has 0 radical (unpaired) electrons. The van der Waals surface area contributed by atoms with E-state index in [-0.39, 0.29) is 5.91 Å². The highest BCUT2D eigenvalue weighted by Crippen LogP contribution is 2.05. The molecule has 17 heavy (non-hydrogen) atoms. The van der Waals surface area contributed by atoms with Gasteiger partial charge in [-0.25, -0.2) is 0 Å². The molecule has 0 aromatic heterocycles. The minimum absolute atomic E-state index is 0.289. The zero-order chi connectivity index (χ0) is 12.7. The standard InChI is InChI=1S/C13H27N3O/c1-4-12(3)10-15(5-2)11-13(17)16-8-6-14-7-9-16/h12,14H,4-11H2,1-3H3. The Morgan fingerprint density at radius 1 is 1.35 bits per heavy atom. The fraction of sp³-hybridized carbons (Fsp3) is 0.923. The molecule has 1 atom stereocenters. The molecule has 0 saturated carbocycles. The van der Waals surface area contributed by atoms with E-state index in [0.717, 1.165) is 39.3 Å². The van der Waals surface area contributed by atoms with Gasteiger partial charge in [0.05, 0.1) is 6.54 Å². The van der Waals surface area contributed by atoms with Crippen molar-refractivity contribution in [3.8, 4) is 0 Å². The maximum Gasteiger partial charge on any atom is 0.236 e. The van der Waals surface area contributed by atoms with Gasteiger partial charge < -0.3 is 10.2 Å². The van der Waals surface area contributed by atoms with E-state index in [1.807, 2.05) is 4.90 Å². The number of likely N-dealkylation sites (N-methyl/N-ethyl adjacent to an activating group) is 1. The Bertz CT molecular complexity index is 227. The first-order valence-electron chi connectivity index (χ1n) is 6.88. The van der Waals surface area contributed by atoms with Gasteiger partial charge in [0.25, 0.3) is 0 Å². The van der Waals surface area contributed by atoms with E-state index in [0.29, 0.717) is 12.5 Å². The number of carbonyl (C=O) groups is 1. The molecule has 0 spiro atoms. The number of carbonyl (C=O) groups excluding carboxylic acids is 1. The van der Waals surface area contributed by atoms with Crippen molar-refractivity contribution in [1.82, 2.24) is 15.1 Å². The molecule has 4 nitrogen and oxygen atoms in total. The molecule has 1 aliphatic heterocycles. The van der Waals surface area contributed by atoms with Gasteiger partial charge in [-0.2, -0.15) is 0 Å². The van der Waals surface area contributed by atoms with E-state index in [9.17, 15) is 4.79 Å². The third kappa shape index (κ3) is 5.04. The largest absolute Gasteiger partial charge is 0.339 e. The molecule has 0 aromatic carbocycles. The van der Waals surface area contributed by atoms with Crippen molar-refractivity contribution in [2.45, 2.75) is 27.2 Å². The lowest BCUT2D eigenvalue weighted by atomic mass is 10.1. The van der Waals surface area contributed by atoms with Crippen LogP contribution < -0.4 is 5.32 Å². The maximum absolute atomic E-state index is 12.1. The lowest BCUT2D eigenvalue weighted by Crippen LogP contribution is -2.50. The predicted octanol–water partition coefficient (Wildman–Crippen LogP) is 0.786. The first-order chi connectivity index (χ1) is 8.17. The minimum atomic E-state index is 0.289. The van der Waals surface area contributed by atoms with Crippen LogP contribution in [0, 0.1) is 5.92 Å². The highest BCUT2D eigenvalue weighted by molar-refractivity contribution is 5.78. The molecule has 1 fully saturated rings. The monoisotopic (exact) mass is 241 g/mol. The summed E-state index contributed by atoms with van der Waals surface area (Å²) in [4.78, 5) is 16.3. The van der Waals surface area contributed by atoms with Crippen molar-refractivity contribution in [3.05, 3.63) is 0 Å². The van der Waals surface area contributed by atoms with Crippen LogP contribution in [0.3, 0.4) is 0 Å². The van der Waals surface area contributed by atoms with Crippen molar-refractivity contribution in [2.24, 2.45) is 5.92 Å². The normalized spacial score (nSPS) is 18.5. The van der Waals surface area contributed by atoms with Crippen LogP contribution in [0.1, 0.15) is 27.2 Å². The Morgan fingerprint density at radius 3 is 2.53 bits per heavy atom. The van der Waals surface area contributed by atoms with Gasteiger partial charge in [0.15, 0.2) is 0 Å². The molecule has 0 aromatic rings. The van der Waals surface area contributed by atoms with E-state index in [1.165, 1.54) is 6.42 Å². The van der Waals surface area contributed by atoms with E-state index < -0.39 is 0 Å². The maximum atomic E-state index is 12.1. The number of piperazine rings is 1. The summed E-state index contributed by atoms with van der Waals surface area (Å²) < 4.78 is 0. The zero-order valence-corrected chi connectivity index (χ0v) is 11.5. The van der Waals surface area contributed by atoms with Gasteiger partial charge in [-0.1, -0.05) is 27.2 Å². The van der Waals surface area contributed by atoms with E-state index in [1.54, 1.807) is 0 Å². The van der Waals surface area contributed by atoms with Crippen molar-refractivity contribution in [3.63, 3.8) is 0 Å². The molecule has 1 rings (SSSR count). The summed E-state index contributed by atoms with van der Waals surface area (Å²) >= 11 is 0. The molecule has 4 heteroatoms. The second kappa shape index (κ2) is 7.67. The quantitative estimate of drug-likeness (QED) is 0.747. The fourth-order valence-electron chi connectivity index (χ4n) is 2.08. The lowest BCUT2D eigenvalue weighted by Gasteiger charge is -2.30. The lowest BCUT2D eigenvalue weighted by molar-refractivity contribution is -0.133. The predicted molar refractivity (Wildman–Crippen MR) is 71.0 cm³/mol. The van der Waals surface area contributed by atoms with Crippen LogP contribution in [0.2, 0.25) is 0 Å². The Hall–Kier alpha value is -0.610. The number of hydrogen-bond donors (Lipinski definition) is 1. The van der Waals surface area contributed by atoms with Crippen LogP contribution in [0.25, 0.3) is 0 Å². The third-order valence-corrected chi connectivity index (χ3v) is 3.54. The molecule has 1 heterocycles. The molecule has 1 N–H and O–H groups in total. The minimum Gasteiger partial charge on any atom is -0.339 e. The highest BCUT2D eigenvalue weighted by atomic mass is 16.2. The van der Waals surface area contributed by atoms with Gasteiger partial charge in [0, 0.05) is 32.7 Å². The van der Waals surface area contributed by atoms with Crippen LogP contribution in [0.5, 0.6) is 0 Å². The summed E-state index contributed by atoms with van der Waals surface area (Å²) in [6.07, 6.45) is 1.18. The first kappa shape index (κ1) is 14.5. The molecule has 1 unspecified atom stereocenters. The summed E-state index contributed by atoms with van der Waals surface area (Å²) in [5, 5.41) is 3.27. The van der Waals surface area contributed by atoms with Gasteiger partial charge in [0.1, 0.15) is 0 Å². The van der Waals surface area contributed by atoms with Crippen LogP contribution >= 0.6 is 0 Å². The van der Waals surface area contributed by atoms with Crippen LogP contribution in [-0.2, 0) is 4.79 Å². The second-order valence-corrected chi connectivity index (χ2v) is 4.97. The average molecular weight is 241 g/mol. The SMILES string of the molecule is CCC(C)CN(CC)CC(=O)N1CCNCC1. The summed E-state index contributed by atoms with van der Waals surface area (Å²) in [7, 11) is 0. The van der Waals surface area contributed by atoms with Gasteiger partial charge in [0.2, 0.25) is 5.91 Å². The Labute approximate surface area is 105 Å². The van der Waals surface area contributed by atoms with Gasteiger partial charge in [-0.3, -0.25) is 9.69 Å². The first-order valence-corrected chi connectivity index (χ1v) is 6.88. The summed E-state index contributed by atoms with van der Waals surface area (Å²) in [6, 6.07) is 0. The average Bonchev–Trinajstić information content (AvgIpc) is 2.38. The molecular weight excluding hydrogens is 214 g/mol. The van der Waals surface area contributed by atoms with Crippen LogP contribution in [0.4, 0.5) is 0 Å². The third-order valence-electron chi connectivity index (χ3n) is 3.54. The number of nitrogens with zero attached hydrogens (tertiary/aromatic N) is 2. The number of amides is 1. The fourth-order valence-corrected chi connectivity index (χ4v) is 2.08. The zero-order valence-electron chi connectivity index (χ0n) is 11.5. The Kier molecular flexibility index (Phi) is 6.52. The van der Waals surface area contributed by atoms with Gasteiger partial charge >= 0.3 is 0 Å². The van der Waals surface area contributed by atoms with Crippen molar-refractivity contribution < 1.29 is 4.79 Å². The molecule has 0 aliphatic carbocycles. The van der Waals surface area contributed by atoms with E-state index >= 15 is 0 Å². The summed E-state index contributed by atoms with van der Waals surface area (Å²) in [5.41, 5.74) is 0. The molecule has 1 amide bonds. The van der Waals surface area contributed by atoms with Crippen molar-refractivity contribution in [2.75, 3.05) is 45.8 Å². The Balaban J connectivity index is 2.35. The van der Waals surface area contributed by atoms with E-state index in [2.05, 4.69) is 31.0 Å². The van der Waals surface area contributed by atoms with E-state index in [4.69, 9.17) is 0 Å². The highest BCUT2D eigenvalue weighted by Gasteiger charge is 2.19. The second-order valence-electron chi connectivity index (χ2n) is 4.97. The Morgan fingerprint density at radius 2 is 2.00 bits per heavy atom. The van der Waals surface area contributed by atoms with Crippen molar-refractivity contribution in [1.29, 1.82) is 0 Å². The van der Waals surface area contributed by atoms with Crippen LogP contribution in [-0.4, -0.2) is 61.5 Å². The number of nitrogens with one attached hydrogen (secondary N) is 1. The summed E-state index contributed by atoms with van der Waals surface area (Å²) in [6.45, 7) is 12.8. The molecule has 0 bridgehead atoms. The molecule has 1 aliphatic rings. The molecule has 100 valence electrons. The molecule has 1 saturated heterocycles. The van der Waals surface area contributed by atoms with Crippen molar-refractivity contribution >= 4 is 5.91 Å². The van der Waals surface area contributed by atoms with Crippen LogP contribution in [0.15, 0.2) is 0 Å². The van der Waals surface area contributed by atoms with Gasteiger partial charge in [-0.15, -0.1) is 0 Å². The van der Waals surface area contributed by atoms with Gasteiger partial charge in [-0.05, 0) is 12.5 Å². The topological polar surface area (TPSA) is 35.6 Å².